The van der Waals surface area contributed by atoms with Gasteiger partial charge in [-0.3, -0.25) is 14.4 Å². The second kappa shape index (κ2) is 7.15. The maximum Gasteiger partial charge on any atom is 0.266 e. The first kappa shape index (κ1) is 18.6. The zero-order valence-electron chi connectivity index (χ0n) is 14.9. The molecule has 5 rings (SSSR count). The van der Waals surface area contributed by atoms with E-state index < -0.39 is 24.0 Å². The van der Waals surface area contributed by atoms with Crippen molar-refractivity contribution in [1.29, 1.82) is 0 Å². The molecule has 3 heterocycles. The monoisotopic (exact) mass is 444 g/mol. The molecule has 5 nitrogen and oxygen atoms in total. The molecule has 0 spiro atoms. The molecule has 0 saturated carbocycles. The van der Waals surface area contributed by atoms with Gasteiger partial charge in [0.1, 0.15) is 12.0 Å². The number of nitrogens with zero attached hydrogens (tertiary/aromatic N) is 2. The van der Waals surface area contributed by atoms with Gasteiger partial charge >= 0.3 is 0 Å². The Morgan fingerprint density at radius 3 is 2.24 bits per heavy atom. The van der Waals surface area contributed by atoms with Crippen molar-refractivity contribution in [3.63, 3.8) is 0 Å². The highest BCUT2D eigenvalue weighted by Gasteiger charge is 2.61. The van der Waals surface area contributed by atoms with E-state index in [1.54, 1.807) is 23.3 Å². The third kappa shape index (κ3) is 2.87. The molecule has 2 aliphatic rings. The number of para-hydroxylation sites is 2. The largest absolute Gasteiger partial charge is 0.273 e. The lowest BCUT2D eigenvalue weighted by Crippen LogP contribution is -2.37. The van der Waals surface area contributed by atoms with Gasteiger partial charge in [0.25, 0.3) is 5.91 Å². The van der Waals surface area contributed by atoms with Crippen molar-refractivity contribution in [3.05, 3.63) is 81.0 Å². The lowest BCUT2D eigenvalue weighted by atomic mass is 9.95. The molecule has 3 aromatic rings. The van der Waals surface area contributed by atoms with Crippen LogP contribution in [-0.4, -0.2) is 17.9 Å². The molecule has 0 aliphatic carbocycles. The van der Waals surface area contributed by atoms with Crippen LogP contribution in [0.5, 0.6) is 0 Å². The average Bonchev–Trinajstić information content (AvgIpc) is 3.42. The Labute approximate surface area is 181 Å². The summed E-state index contributed by atoms with van der Waals surface area (Å²) in [6.07, 6.45) is -0.942. The first-order valence-corrected chi connectivity index (χ1v) is 10.6. The highest BCUT2D eigenvalue weighted by Crippen LogP contribution is 2.50. The lowest BCUT2D eigenvalue weighted by Gasteiger charge is -2.28. The minimum absolute atomic E-state index is 0.208. The topological polar surface area (TPSA) is 49.9 Å². The summed E-state index contributed by atoms with van der Waals surface area (Å²) in [5, 5.41) is 4.09. The van der Waals surface area contributed by atoms with Crippen molar-refractivity contribution in [2.45, 2.75) is 12.1 Å². The summed E-state index contributed by atoms with van der Waals surface area (Å²) >= 11 is 14.1. The van der Waals surface area contributed by atoms with Gasteiger partial charge in [0.05, 0.1) is 21.4 Å². The van der Waals surface area contributed by atoms with Gasteiger partial charge in [0.2, 0.25) is 5.91 Å². The predicted octanol–water partition coefficient (Wildman–Crippen LogP) is 5.11. The summed E-state index contributed by atoms with van der Waals surface area (Å²) in [5.41, 5.74) is 0.989. The molecule has 8 heteroatoms. The zero-order chi connectivity index (χ0) is 20.1. The number of thiophene rings is 1. The third-order valence-electron chi connectivity index (χ3n) is 5.12. The van der Waals surface area contributed by atoms with Crippen molar-refractivity contribution >= 4 is 57.7 Å². The molecule has 146 valence electrons. The number of anilines is 2. The number of fused-ring (bicyclic) bond motifs is 1. The van der Waals surface area contributed by atoms with Crippen LogP contribution in [0.4, 0.5) is 11.4 Å². The summed E-state index contributed by atoms with van der Waals surface area (Å²) in [5.74, 6) is -1.53. The van der Waals surface area contributed by atoms with Gasteiger partial charge in [0, 0.05) is 4.88 Å². The van der Waals surface area contributed by atoms with Crippen LogP contribution < -0.4 is 9.96 Å². The Balaban J connectivity index is 1.60. The maximum atomic E-state index is 13.5. The van der Waals surface area contributed by atoms with Gasteiger partial charge in [-0.25, -0.2) is 9.96 Å². The molecule has 0 N–H and O–H groups in total. The molecular weight excluding hydrogens is 431 g/mol. The number of benzene rings is 2. The number of rotatable bonds is 3. The lowest BCUT2D eigenvalue weighted by molar-refractivity contribution is -0.126. The predicted molar refractivity (Wildman–Crippen MR) is 113 cm³/mol. The number of amides is 2. The highest BCUT2D eigenvalue weighted by molar-refractivity contribution is 7.10. The van der Waals surface area contributed by atoms with E-state index in [2.05, 4.69) is 0 Å². The molecule has 0 bridgehead atoms. The Hall–Kier alpha value is -2.38. The molecule has 2 aromatic carbocycles. The number of halogens is 2. The van der Waals surface area contributed by atoms with Gasteiger partial charge in [-0.05, 0) is 35.7 Å². The highest BCUT2D eigenvalue weighted by atomic mass is 35.5. The van der Waals surface area contributed by atoms with Crippen LogP contribution in [0.15, 0.2) is 66.0 Å². The second-order valence-electron chi connectivity index (χ2n) is 6.76. The normalized spacial score (nSPS) is 23.7. The average molecular weight is 445 g/mol. The van der Waals surface area contributed by atoms with Crippen molar-refractivity contribution in [3.8, 4) is 0 Å². The molecule has 2 saturated heterocycles. The van der Waals surface area contributed by atoms with Crippen LogP contribution in [0.3, 0.4) is 0 Å². The summed E-state index contributed by atoms with van der Waals surface area (Å²) < 4.78 is 0. The van der Waals surface area contributed by atoms with E-state index in [0.29, 0.717) is 0 Å². The maximum absolute atomic E-state index is 13.5. The van der Waals surface area contributed by atoms with Crippen molar-refractivity contribution in [2.75, 3.05) is 9.96 Å². The van der Waals surface area contributed by atoms with Gasteiger partial charge < -0.3 is 0 Å². The van der Waals surface area contributed by atoms with Crippen LogP contribution in [0.2, 0.25) is 10.0 Å². The fraction of sp³-hybridized carbons (Fsp3) is 0.143. The van der Waals surface area contributed by atoms with Crippen LogP contribution in [0.25, 0.3) is 0 Å². The molecule has 2 aliphatic heterocycles. The second-order valence-corrected chi connectivity index (χ2v) is 8.55. The summed E-state index contributed by atoms with van der Waals surface area (Å²) in [4.78, 5) is 34.8. The Bertz CT molecular complexity index is 1070. The Morgan fingerprint density at radius 2 is 1.59 bits per heavy atom. The van der Waals surface area contributed by atoms with Crippen LogP contribution in [-0.2, 0) is 14.4 Å². The zero-order valence-corrected chi connectivity index (χ0v) is 17.2. The summed E-state index contributed by atoms with van der Waals surface area (Å²) in [6.45, 7) is 0. The van der Waals surface area contributed by atoms with Crippen molar-refractivity contribution < 1.29 is 14.4 Å². The molecule has 0 radical (unpaired) electrons. The van der Waals surface area contributed by atoms with Gasteiger partial charge in [0.15, 0.2) is 6.10 Å². The fourth-order valence-corrected chi connectivity index (χ4v) is 5.30. The number of carbonyl (C=O) groups is 2. The van der Waals surface area contributed by atoms with Gasteiger partial charge in [-0.15, -0.1) is 11.3 Å². The molecule has 2 amide bonds. The molecular formula is C21H14Cl2N2O3S. The number of hydroxylamine groups is 1. The van der Waals surface area contributed by atoms with Crippen molar-refractivity contribution in [1.82, 2.24) is 0 Å². The molecule has 29 heavy (non-hydrogen) atoms. The number of carbonyl (C=O) groups excluding carboxylic acids is 2. The number of hydrogen-bond donors (Lipinski definition) is 0. The van der Waals surface area contributed by atoms with E-state index >= 15 is 0 Å². The molecule has 2 fully saturated rings. The van der Waals surface area contributed by atoms with E-state index in [1.165, 1.54) is 11.3 Å². The van der Waals surface area contributed by atoms with Crippen LogP contribution in [0, 0.1) is 5.92 Å². The number of hydrogen-bond acceptors (Lipinski definition) is 5. The smallest absolute Gasteiger partial charge is 0.266 e. The van der Waals surface area contributed by atoms with Gasteiger partial charge in [-0.2, -0.15) is 0 Å². The first-order chi connectivity index (χ1) is 14.1. The number of imide groups is 1. The van der Waals surface area contributed by atoms with Crippen LogP contribution in [0.1, 0.15) is 10.9 Å². The summed E-state index contributed by atoms with van der Waals surface area (Å²) in [6, 6.07) is 17.8. The molecule has 3 atom stereocenters. The van der Waals surface area contributed by atoms with Crippen LogP contribution >= 0.6 is 34.5 Å². The SMILES string of the molecule is O=C1[C@@H]2[C@@H](ON(c3ccccc3)[C@H]2c2cccs2)C(=O)N1c1c(Cl)cccc1Cl. The standard InChI is InChI=1S/C21H14Cl2N2O3S/c22-13-8-4-9-14(23)17(13)24-20(26)16-18(15-10-5-11-29-15)25(28-19(16)21(24)27)12-6-2-1-3-7-12/h1-11,16,18-19H/t16-,18-,19+/m0/s1. The van der Waals surface area contributed by atoms with Crippen molar-refractivity contribution in [2.24, 2.45) is 5.92 Å². The Morgan fingerprint density at radius 1 is 0.862 bits per heavy atom. The fourth-order valence-electron chi connectivity index (χ4n) is 3.88. The van der Waals surface area contributed by atoms with E-state index in [1.807, 2.05) is 47.8 Å². The third-order valence-corrected chi connectivity index (χ3v) is 6.67. The first-order valence-electron chi connectivity index (χ1n) is 8.94. The van der Waals surface area contributed by atoms with E-state index in [4.69, 9.17) is 28.0 Å². The Kier molecular flexibility index (Phi) is 4.59. The molecule has 1 aromatic heterocycles. The van der Waals surface area contributed by atoms with E-state index in [9.17, 15) is 9.59 Å². The van der Waals surface area contributed by atoms with E-state index in [-0.39, 0.29) is 21.6 Å². The minimum atomic E-state index is -0.942. The molecule has 0 unspecified atom stereocenters. The van der Waals surface area contributed by atoms with E-state index in [0.717, 1.165) is 15.5 Å². The quantitative estimate of drug-likeness (QED) is 0.526. The minimum Gasteiger partial charge on any atom is -0.273 e. The van der Waals surface area contributed by atoms with Gasteiger partial charge in [-0.1, -0.05) is 53.5 Å². The summed E-state index contributed by atoms with van der Waals surface area (Å²) in [7, 11) is 0.